The summed E-state index contributed by atoms with van der Waals surface area (Å²) in [5.41, 5.74) is 0.746. The van der Waals surface area contributed by atoms with Crippen LogP contribution in [0.5, 0.6) is 5.75 Å². The summed E-state index contributed by atoms with van der Waals surface area (Å²) in [5, 5.41) is 21.3. The molecule has 0 aliphatic carbocycles. The standard InChI is InChI=1S/C17H11ClFNO4/c18-10-3-6-14(21)12(7-10)16-13(8-15(22)23)20-17(24-16)9-1-4-11(19)5-2-9/h1-7,21H,8H2,(H,22,23)/p-1. The van der Waals surface area contributed by atoms with Crippen LogP contribution in [0.25, 0.3) is 22.8 Å². The number of benzene rings is 2. The fraction of sp³-hybridized carbons (Fsp3) is 0.0588. The van der Waals surface area contributed by atoms with Gasteiger partial charge in [-0.3, -0.25) is 0 Å². The maximum absolute atomic E-state index is 13.0. The number of oxazole rings is 1. The van der Waals surface area contributed by atoms with Crippen molar-refractivity contribution in [3.63, 3.8) is 0 Å². The third-order valence-electron chi connectivity index (χ3n) is 3.30. The molecule has 3 aromatic rings. The molecule has 5 nitrogen and oxygen atoms in total. The zero-order valence-electron chi connectivity index (χ0n) is 12.1. The van der Waals surface area contributed by atoms with Gasteiger partial charge in [-0.2, -0.15) is 0 Å². The Kier molecular flexibility index (Phi) is 4.22. The SMILES string of the molecule is O=C([O-])Cc1nc(-c2ccc(F)cc2)oc1-c1cc(Cl)ccc1O. The van der Waals surface area contributed by atoms with E-state index in [-0.39, 0.29) is 28.7 Å². The zero-order chi connectivity index (χ0) is 17.3. The summed E-state index contributed by atoms with van der Waals surface area (Å²) in [6.07, 6.45) is -0.508. The molecule has 1 heterocycles. The van der Waals surface area contributed by atoms with Crippen LogP contribution < -0.4 is 5.11 Å². The summed E-state index contributed by atoms with van der Waals surface area (Å²) in [6, 6.07) is 9.64. The lowest BCUT2D eigenvalue weighted by molar-refractivity contribution is -0.304. The predicted molar refractivity (Wildman–Crippen MR) is 82.7 cm³/mol. The van der Waals surface area contributed by atoms with Crippen molar-refractivity contribution in [1.82, 2.24) is 4.98 Å². The molecule has 1 N–H and O–H groups in total. The number of aromatic hydroxyl groups is 1. The third-order valence-corrected chi connectivity index (χ3v) is 3.54. The van der Waals surface area contributed by atoms with Gasteiger partial charge in [0.25, 0.3) is 0 Å². The summed E-state index contributed by atoms with van der Waals surface area (Å²) in [7, 11) is 0. The van der Waals surface area contributed by atoms with Crippen molar-refractivity contribution >= 4 is 17.6 Å². The van der Waals surface area contributed by atoms with Crippen LogP contribution in [0.3, 0.4) is 0 Å². The molecule has 7 heteroatoms. The first kappa shape index (κ1) is 16.0. The lowest BCUT2D eigenvalue weighted by Gasteiger charge is -2.05. The van der Waals surface area contributed by atoms with E-state index >= 15 is 0 Å². The molecule has 0 aliphatic rings. The van der Waals surface area contributed by atoms with Crippen LogP contribution in [0.4, 0.5) is 4.39 Å². The van der Waals surface area contributed by atoms with Gasteiger partial charge in [-0.05, 0) is 42.5 Å². The highest BCUT2D eigenvalue weighted by atomic mass is 35.5. The Bertz CT molecular complexity index is 905. The molecular formula is C17H10ClFNO4-. The van der Waals surface area contributed by atoms with Crippen LogP contribution in [0.15, 0.2) is 46.9 Å². The van der Waals surface area contributed by atoms with Crippen molar-refractivity contribution in [3.8, 4) is 28.5 Å². The molecule has 0 fully saturated rings. The van der Waals surface area contributed by atoms with E-state index in [2.05, 4.69) is 4.98 Å². The summed E-state index contributed by atoms with van der Waals surface area (Å²) >= 11 is 5.92. The summed E-state index contributed by atoms with van der Waals surface area (Å²) in [4.78, 5) is 15.1. The lowest BCUT2D eigenvalue weighted by Crippen LogP contribution is -2.24. The van der Waals surface area contributed by atoms with E-state index in [0.29, 0.717) is 10.6 Å². The average molecular weight is 347 g/mol. The van der Waals surface area contributed by atoms with E-state index in [0.717, 1.165) is 0 Å². The molecule has 122 valence electrons. The van der Waals surface area contributed by atoms with Crippen LogP contribution in [0, 0.1) is 5.82 Å². The van der Waals surface area contributed by atoms with Gasteiger partial charge in [-0.15, -0.1) is 0 Å². The quantitative estimate of drug-likeness (QED) is 0.785. The molecule has 0 spiro atoms. The van der Waals surface area contributed by atoms with Crippen molar-refractivity contribution in [2.75, 3.05) is 0 Å². The Morgan fingerprint density at radius 2 is 1.96 bits per heavy atom. The molecule has 3 rings (SSSR count). The van der Waals surface area contributed by atoms with Crippen LogP contribution in [-0.4, -0.2) is 16.1 Å². The number of carboxylic acid groups (broad SMARTS) is 1. The Morgan fingerprint density at radius 3 is 2.62 bits per heavy atom. The van der Waals surface area contributed by atoms with E-state index < -0.39 is 18.2 Å². The third kappa shape index (κ3) is 3.23. The van der Waals surface area contributed by atoms with Crippen LogP contribution in [-0.2, 0) is 11.2 Å². The Balaban J connectivity index is 2.15. The first-order valence-electron chi connectivity index (χ1n) is 6.88. The first-order chi connectivity index (χ1) is 11.4. The molecule has 0 saturated heterocycles. The molecule has 0 atom stereocenters. The van der Waals surface area contributed by atoms with Gasteiger partial charge in [-0.1, -0.05) is 11.6 Å². The topological polar surface area (TPSA) is 86.4 Å². The molecule has 0 unspecified atom stereocenters. The Morgan fingerprint density at radius 1 is 1.25 bits per heavy atom. The fourth-order valence-corrected chi connectivity index (χ4v) is 2.40. The molecule has 0 saturated carbocycles. The summed E-state index contributed by atoms with van der Waals surface area (Å²) in [6.45, 7) is 0. The Hall–Kier alpha value is -2.86. The number of nitrogens with zero attached hydrogens (tertiary/aromatic N) is 1. The number of halogens is 2. The lowest BCUT2D eigenvalue weighted by atomic mass is 10.1. The molecule has 2 aromatic carbocycles. The average Bonchev–Trinajstić information content (AvgIpc) is 2.93. The number of aliphatic carboxylic acids is 1. The van der Waals surface area contributed by atoms with Gasteiger partial charge in [0.15, 0.2) is 5.76 Å². The maximum Gasteiger partial charge on any atom is 0.227 e. The number of carbonyl (C=O) groups is 1. The van der Waals surface area contributed by atoms with Crippen LogP contribution >= 0.6 is 11.6 Å². The van der Waals surface area contributed by atoms with Gasteiger partial charge in [0.2, 0.25) is 5.89 Å². The van der Waals surface area contributed by atoms with Crippen molar-refractivity contribution < 1.29 is 23.8 Å². The zero-order valence-corrected chi connectivity index (χ0v) is 12.9. The predicted octanol–water partition coefficient (Wildman–Crippen LogP) is 2.80. The van der Waals surface area contributed by atoms with Gasteiger partial charge >= 0.3 is 0 Å². The second-order valence-corrected chi connectivity index (χ2v) is 5.45. The number of phenols is 1. The number of phenolic OH excluding ortho intramolecular Hbond substituents is 1. The van der Waals surface area contributed by atoms with Crippen LogP contribution in [0.2, 0.25) is 5.02 Å². The smallest absolute Gasteiger partial charge is 0.227 e. The summed E-state index contributed by atoms with van der Waals surface area (Å²) < 4.78 is 18.7. The molecule has 0 aliphatic heterocycles. The second kappa shape index (κ2) is 6.33. The highest BCUT2D eigenvalue weighted by Crippen LogP contribution is 2.36. The monoisotopic (exact) mass is 346 g/mol. The van der Waals surface area contributed by atoms with Gasteiger partial charge in [0.05, 0.1) is 11.3 Å². The van der Waals surface area contributed by atoms with Gasteiger partial charge in [0.1, 0.15) is 11.6 Å². The van der Waals surface area contributed by atoms with Crippen molar-refractivity contribution in [2.24, 2.45) is 0 Å². The van der Waals surface area contributed by atoms with Gasteiger partial charge < -0.3 is 19.4 Å². The van der Waals surface area contributed by atoms with Crippen molar-refractivity contribution in [3.05, 3.63) is 59.0 Å². The number of aromatic nitrogens is 1. The van der Waals surface area contributed by atoms with Gasteiger partial charge in [-0.25, -0.2) is 9.37 Å². The first-order valence-corrected chi connectivity index (χ1v) is 7.26. The fourth-order valence-electron chi connectivity index (χ4n) is 2.22. The highest BCUT2D eigenvalue weighted by Gasteiger charge is 2.19. The minimum Gasteiger partial charge on any atom is -0.550 e. The second-order valence-electron chi connectivity index (χ2n) is 5.01. The van der Waals surface area contributed by atoms with E-state index in [1.54, 1.807) is 0 Å². The molecule has 1 aromatic heterocycles. The minimum atomic E-state index is -1.35. The maximum atomic E-state index is 13.0. The normalized spacial score (nSPS) is 10.8. The van der Waals surface area contributed by atoms with Crippen molar-refractivity contribution in [2.45, 2.75) is 6.42 Å². The number of hydrogen-bond donors (Lipinski definition) is 1. The molecule has 0 radical (unpaired) electrons. The van der Waals surface area contributed by atoms with Crippen LogP contribution in [0.1, 0.15) is 5.69 Å². The van der Waals surface area contributed by atoms with E-state index in [4.69, 9.17) is 16.0 Å². The summed E-state index contributed by atoms with van der Waals surface area (Å²) in [5.74, 6) is -1.75. The molecule has 0 amide bonds. The number of hydrogen-bond acceptors (Lipinski definition) is 5. The Labute approximate surface area is 141 Å². The highest BCUT2D eigenvalue weighted by molar-refractivity contribution is 6.30. The van der Waals surface area contributed by atoms with E-state index in [1.165, 1.54) is 42.5 Å². The molecule has 0 bridgehead atoms. The number of carbonyl (C=O) groups excluding carboxylic acids is 1. The number of carboxylic acids is 1. The molecular weight excluding hydrogens is 337 g/mol. The molecule has 24 heavy (non-hydrogen) atoms. The number of rotatable bonds is 4. The van der Waals surface area contributed by atoms with E-state index in [9.17, 15) is 19.4 Å². The van der Waals surface area contributed by atoms with E-state index in [1.807, 2.05) is 0 Å². The largest absolute Gasteiger partial charge is 0.550 e. The van der Waals surface area contributed by atoms with Crippen molar-refractivity contribution in [1.29, 1.82) is 0 Å². The minimum absolute atomic E-state index is 0.0681. The van der Waals surface area contributed by atoms with Gasteiger partial charge in [0, 0.05) is 23.0 Å².